The summed E-state index contributed by atoms with van der Waals surface area (Å²) in [5.41, 5.74) is 5.76. The molecule has 4 aromatic rings. The number of unbranched alkanes of at least 4 members (excludes halogenated alkanes) is 2. The van der Waals surface area contributed by atoms with Gasteiger partial charge in [-0.2, -0.15) is 0 Å². The van der Waals surface area contributed by atoms with E-state index in [2.05, 4.69) is 19.9 Å². The fourth-order valence-corrected chi connectivity index (χ4v) is 9.57. The molecule has 8 atom stereocenters. The Morgan fingerprint density at radius 2 is 1.89 bits per heavy atom. The fraction of sp³-hybridized carbons (Fsp3) is 0.500. The number of hydrogen-bond donors (Lipinski definition) is 4. The summed E-state index contributed by atoms with van der Waals surface area (Å²) in [5, 5.41) is 21.2. The molecule has 286 valence electrons. The minimum Gasteiger partial charge on any atom is -0.462 e. The molecular formula is C32H40N7O12PS. The molecule has 2 saturated heterocycles. The quantitative estimate of drug-likeness (QED) is 0.0677. The van der Waals surface area contributed by atoms with Gasteiger partial charge in [0, 0.05) is 31.5 Å². The second-order valence-corrected chi connectivity index (χ2v) is 16.3. The minimum atomic E-state index is -4.16. The van der Waals surface area contributed by atoms with E-state index in [0.717, 1.165) is 22.0 Å². The van der Waals surface area contributed by atoms with Crippen molar-refractivity contribution in [1.29, 1.82) is 0 Å². The van der Waals surface area contributed by atoms with Gasteiger partial charge >= 0.3 is 18.5 Å². The number of esters is 1. The number of aliphatic hydroxyl groups is 2. The standard InChI is InChI=1S/C32H40N7O12PS/c1-46-27-26(21(15-40)50-30(27)38-11-10-23(42)37-32(38)44)51-52(45,53-13-7-3-6-12-47-31(43)19-8-4-2-5-9-19)48-16-22-20(41)14-24(49-22)39-18-36-25-28(33)34-17-35-29(25)39/h2,4-5,8-11,17-18,20-22,24,26-27,30,40-41H,3,6-7,12-16H2,1H3,(H2,33,34,35)(H,37,42,44)/t20-,21-,22-,24-,26?,27+,30-,52?/m1/s1. The molecule has 0 radical (unpaired) electrons. The molecule has 0 amide bonds. The van der Waals surface area contributed by atoms with Crippen molar-refractivity contribution in [2.75, 3.05) is 38.4 Å². The number of aromatic nitrogens is 6. The third-order valence-electron chi connectivity index (χ3n) is 8.69. The summed E-state index contributed by atoms with van der Waals surface area (Å²) in [7, 11) is 1.33. The maximum absolute atomic E-state index is 14.5. The molecule has 2 unspecified atom stereocenters. The molecule has 5 heterocycles. The van der Waals surface area contributed by atoms with Crippen molar-refractivity contribution in [3.63, 3.8) is 0 Å². The van der Waals surface area contributed by atoms with Crippen molar-refractivity contribution in [2.24, 2.45) is 0 Å². The first-order valence-electron chi connectivity index (χ1n) is 16.8. The molecule has 3 aromatic heterocycles. The summed E-state index contributed by atoms with van der Waals surface area (Å²) < 4.78 is 52.3. The number of nitrogens with one attached hydrogen (secondary N) is 1. The van der Waals surface area contributed by atoms with Gasteiger partial charge in [0.15, 0.2) is 17.7 Å². The minimum absolute atomic E-state index is 0.140. The number of anilines is 1. The van der Waals surface area contributed by atoms with Crippen LogP contribution in [0.25, 0.3) is 11.2 Å². The van der Waals surface area contributed by atoms with E-state index in [1.807, 2.05) is 0 Å². The van der Waals surface area contributed by atoms with Crippen LogP contribution in [0.4, 0.5) is 5.82 Å². The molecule has 1 aromatic carbocycles. The average molecular weight is 778 g/mol. The van der Waals surface area contributed by atoms with E-state index < -0.39 is 73.6 Å². The monoisotopic (exact) mass is 777 g/mol. The fourth-order valence-electron chi connectivity index (χ4n) is 5.99. The van der Waals surface area contributed by atoms with Crippen molar-refractivity contribution < 1.29 is 47.6 Å². The Hall–Kier alpha value is -3.98. The first kappa shape index (κ1) is 38.7. The highest BCUT2D eigenvalue weighted by Crippen LogP contribution is 2.63. The highest BCUT2D eigenvalue weighted by Gasteiger charge is 2.50. The number of nitrogens with two attached hydrogens (primary N) is 1. The maximum Gasteiger partial charge on any atom is 0.389 e. The largest absolute Gasteiger partial charge is 0.462 e. The number of nitrogen functional groups attached to an aromatic ring is 1. The van der Waals surface area contributed by atoms with Gasteiger partial charge in [-0.3, -0.25) is 28.0 Å². The lowest BCUT2D eigenvalue weighted by Crippen LogP contribution is -2.39. The van der Waals surface area contributed by atoms with Crippen LogP contribution in [0.2, 0.25) is 0 Å². The van der Waals surface area contributed by atoms with Crippen LogP contribution in [0.3, 0.4) is 0 Å². The third-order valence-corrected chi connectivity index (χ3v) is 12.5. The number of aliphatic hydroxyl groups excluding tert-OH is 2. The van der Waals surface area contributed by atoms with E-state index >= 15 is 0 Å². The van der Waals surface area contributed by atoms with Gasteiger partial charge in [-0.25, -0.2) is 29.1 Å². The molecule has 0 bridgehead atoms. The number of fused-ring (bicyclic) bond motifs is 1. The number of benzene rings is 1. The van der Waals surface area contributed by atoms with Crippen LogP contribution in [0, 0.1) is 0 Å². The van der Waals surface area contributed by atoms with Gasteiger partial charge in [-0.05, 0) is 42.8 Å². The Labute approximate surface area is 306 Å². The molecule has 0 saturated carbocycles. The van der Waals surface area contributed by atoms with Gasteiger partial charge in [-0.1, -0.05) is 18.2 Å². The van der Waals surface area contributed by atoms with Crippen molar-refractivity contribution >= 4 is 41.1 Å². The Morgan fingerprint density at radius 3 is 2.64 bits per heavy atom. The number of H-pyrrole nitrogens is 1. The molecule has 0 aliphatic carbocycles. The number of aromatic amines is 1. The smallest absolute Gasteiger partial charge is 0.389 e. The SMILES string of the molecule is CO[C@H]1C(OP(=O)(OC[C@H]2O[C@@H](n3cnc4c(N)ncnc43)C[C@H]2O)SCCCCCOC(=O)c2ccccc2)[C@@H](CO)O[C@H]1n1ccc(=O)[nH]c1=O. The number of hydrogen-bond acceptors (Lipinski definition) is 17. The van der Waals surface area contributed by atoms with Crippen LogP contribution in [-0.4, -0.2) is 108 Å². The second kappa shape index (κ2) is 17.4. The second-order valence-electron chi connectivity index (χ2n) is 12.2. The number of methoxy groups -OCH3 is 1. The number of carbonyl (C=O) groups excluding carboxylic acids is 1. The van der Waals surface area contributed by atoms with Gasteiger partial charge in [0.05, 0.1) is 37.8 Å². The normalized spacial score (nSPS) is 25.5. The summed E-state index contributed by atoms with van der Waals surface area (Å²) in [6, 6.07) is 9.77. The van der Waals surface area contributed by atoms with E-state index in [1.165, 1.54) is 26.0 Å². The summed E-state index contributed by atoms with van der Waals surface area (Å²) in [6.07, 6.45) is -1.36. The Morgan fingerprint density at radius 1 is 1.08 bits per heavy atom. The highest BCUT2D eigenvalue weighted by molar-refractivity contribution is 8.55. The molecule has 2 aliphatic heterocycles. The molecule has 0 spiro atoms. The summed E-state index contributed by atoms with van der Waals surface area (Å²) in [6.45, 7) is -4.90. The lowest BCUT2D eigenvalue weighted by Gasteiger charge is -2.28. The van der Waals surface area contributed by atoms with Crippen molar-refractivity contribution in [3.05, 3.63) is 81.7 Å². The van der Waals surface area contributed by atoms with Gasteiger partial charge in [-0.15, -0.1) is 0 Å². The molecule has 2 aliphatic rings. The van der Waals surface area contributed by atoms with Crippen LogP contribution >= 0.6 is 18.2 Å². The van der Waals surface area contributed by atoms with Crippen molar-refractivity contribution in [3.8, 4) is 0 Å². The van der Waals surface area contributed by atoms with Crippen molar-refractivity contribution in [2.45, 2.75) is 68.7 Å². The molecule has 19 nitrogen and oxygen atoms in total. The zero-order valence-corrected chi connectivity index (χ0v) is 30.3. The van der Waals surface area contributed by atoms with Gasteiger partial charge < -0.3 is 34.9 Å². The number of ether oxygens (including phenoxy) is 4. The van der Waals surface area contributed by atoms with Gasteiger partial charge in [0.1, 0.15) is 42.5 Å². The molecule has 53 heavy (non-hydrogen) atoms. The van der Waals surface area contributed by atoms with Crippen molar-refractivity contribution in [1.82, 2.24) is 29.1 Å². The third kappa shape index (κ3) is 9.05. The van der Waals surface area contributed by atoms with Crippen LogP contribution in [-0.2, 0) is 32.6 Å². The van der Waals surface area contributed by atoms with E-state index in [4.69, 9.17) is 33.7 Å². The number of carbonyl (C=O) groups is 1. The lowest BCUT2D eigenvalue weighted by molar-refractivity contribution is -0.0625. The number of rotatable bonds is 17. The summed E-state index contributed by atoms with van der Waals surface area (Å²) in [5.74, 6) is 0.0611. The van der Waals surface area contributed by atoms with Crippen LogP contribution < -0.4 is 17.0 Å². The average Bonchev–Trinajstić information content (AvgIpc) is 3.85. The Kier molecular flexibility index (Phi) is 12.7. The van der Waals surface area contributed by atoms with Gasteiger partial charge in [0.25, 0.3) is 5.56 Å². The maximum atomic E-state index is 14.5. The van der Waals surface area contributed by atoms with Gasteiger partial charge in [0.2, 0.25) is 0 Å². The van der Waals surface area contributed by atoms with Crippen LogP contribution in [0.15, 0.2) is 64.8 Å². The van der Waals surface area contributed by atoms with Crippen LogP contribution in [0.1, 0.15) is 48.5 Å². The van der Waals surface area contributed by atoms with E-state index in [1.54, 1.807) is 34.9 Å². The lowest BCUT2D eigenvalue weighted by atomic mass is 10.1. The number of imidazole rings is 1. The highest BCUT2D eigenvalue weighted by atomic mass is 32.7. The molecular weight excluding hydrogens is 737 g/mol. The predicted molar refractivity (Wildman–Crippen MR) is 189 cm³/mol. The number of nitrogens with zero attached hydrogens (tertiary/aromatic N) is 5. The first-order chi connectivity index (χ1) is 25.6. The molecule has 2 fully saturated rings. The first-order valence-corrected chi connectivity index (χ1v) is 19.9. The summed E-state index contributed by atoms with van der Waals surface area (Å²) >= 11 is 0.897. The van der Waals surface area contributed by atoms with E-state index in [9.17, 15) is 29.2 Å². The Balaban J connectivity index is 1.12. The van der Waals surface area contributed by atoms with E-state index in [-0.39, 0.29) is 25.5 Å². The van der Waals surface area contributed by atoms with Crippen LogP contribution in [0.5, 0.6) is 0 Å². The zero-order chi connectivity index (χ0) is 37.5. The molecule has 21 heteroatoms. The Bertz CT molecular complexity index is 2020. The van der Waals surface area contributed by atoms with E-state index in [0.29, 0.717) is 41.7 Å². The summed E-state index contributed by atoms with van der Waals surface area (Å²) in [4.78, 5) is 51.1. The molecule has 6 rings (SSSR count). The molecule has 5 N–H and O–H groups in total. The predicted octanol–water partition coefficient (Wildman–Crippen LogP) is 1.78. The topological polar surface area (TPSA) is 254 Å². The zero-order valence-electron chi connectivity index (χ0n) is 28.5.